The summed E-state index contributed by atoms with van der Waals surface area (Å²) in [5.41, 5.74) is 1.62. The molecule has 2 unspecified atom stereocenters. The van der Waals surface area contributed by atoms with Crippen LogP contribution in [0.4, 0.5) is 10.2 Å². The third kappa shape index (κ3) is 2.29. The molecule has 1 aromatic rings. The van der Waals surface area contributed by atoms with Crippen LogP contribution in [0.5, 0.6) is 0 Å². The molecule has 0 radical (unpaired) electrons. The van der Waals surface area contributed by atoms with Crippen molar-refractivity contribution in [3.05, 3.63) is 23.4 Å². The average Bonchev–Trinajstić information content (AvgIpc) is 2.03. The summed E-state index contributed by atoms with van der Waals surface area (Å²) in [6.07, 6.45) is 2.96. The Kier molecular flexibility index (Phi) is 2.96. The van der Waals surface area contributed by atoms with E-state index in [4.69, 9.17) is 0 Å². The molecule has 2 rings (SSSR count). The quantitative estimate of drug-likeness (QED) is 0.743. The molecular formula is C10H15FN2P2. The van der Waals surface area contributed by atoms with Crippen molar-refractivity contribution in [2.45, 2.75) is 18.5 Å². The normalized spacial score (nSPS) is 16.4. The van der Waals surface area contributed by atoms with Crippen LogP contribution in [0.1, 0.15) is 17.5 Å². The van der Waals surface area contributed by atoms with E-state index < -0.39 is 5.15 Å². The lowest BCUT2D eigenvalue weighted by Gasteiger charge is -2.35. The third-order valence-corrected chi connectivity index (χ3v) is 3.19. The van der Waals surface area contributed by atoms with Gasteiger partial charge in [-0.2, -0.15) is 0 Å². The Morgan fingerprint density at radius 1 is 1.47 bits per heavy atom. The number of rotatable bonds is 2. The summed E-state index contributed by atoms with van der Waals surface area (Å²) in [5, 5.41) is -1.48. The van der Waals surface area contributed by atoms with Gasteiger partial charge in [-0.1, -0.05) is 18.5 Å². The molecule has 1 saturated heterocycles. The Bertz CT molecular complexity index is 372. The highest BCUT2D eigenvalue weighted by molar-refractivity contribution is 7.38. The van der Waals surface area contributed by atoms with Gasteiger partial charge in [0.25, 0.3) is 0 Å². The number of nitrogens with zero attached hydrogens (tertiary/aromatic N) is 2. The zero-order valence-corrected chi connectivity index (χ0v) is 11.0. The van der Waals surface area contributed by atoms with Crippen molar-refractivity contribution in [3.8, 4) is 0 Å². The molecule has 2 nitrogen and oxygen atoms in total. The molecule has 0 N–H and O–H groups in total. The summed E-state index contributed by atoms with van der Waals surface area (Å²) >= 11 is 0. The number of aromatic nitrogens is 1. The number of aryl methyl sites for hydroxylation is 1. The van der Waals surface area contributed by atoms with Crippen LogP contribution < -0.4 is 4.90 Å². The molecule has 1 fully saturated rings. The molecule has 1 aliphatic heterocycles. The number of alkyl halides is 1. The Balaban J connectivity index is 2.44. The molecule has 2 heterocycles. The van der Waals surface area contributed by atoms with Gasteiger partial charge in [0, 0.05) is 24.8 Å². The number of hydrogen-bond acceptors (Lipinski definition) is 2. The van der Waals surface area contributed by atoms with Crippen molar-refractivity contribution in [2.75, 3.05) is 18.0 Å². The van der Waals surface area contributed by atoms with Crippen LogP contribution in [0.25, 0.3) is 0 Å². The first kappa shape index (κ1) is 11.2. The maximum absolute atomic E-state index is 13.9. The Morgan fingerprint density at radius 2 is 2.13 bits per heavy atom. The van der Waals surface area contributed by atoms with Gasteiger partial charge < -0.3 is 4.90 Å². The van der Waals surface area contributed by atoms with E-state index in [-0.39, 0.29) is 0 Å². The fraction of sp³-hybridized carbons (Fsp3) is 0.500. The summed E-state index contributed by atoms with van der Waals surface area (Å²) in [6.45, 7) is 3.89. The molecule has 0 spiro atoms. The second-order valence-electron chi connectivity index (χ2n) is 3.99. The SMILES string of the molecule is Cc1cnc(N2CCC2)c(C(F)(P)P)c1. The molecule has 1 aromatic heterocycles. The average molecular weight is 244 g/mol. The first-order valence-corrected chi connectivity index (χ1v) is 6.12. The minimum absolute atomic E-state index is 0.636. The minimum Gasteiger partial charge on any atom is -0.356 e. The second kappa shape index (κ2) is 3.96. The number of pyridine rings is 1. The standard InChI is InChI=1S/C10H15FN2P2/c1-7-5-8(10(11,14)15)9(12-6-7)13-3-2-4-13/h5-6H,2-4,14-15H2,1H3. The minimum atomic E-state index is -1.48. The Labute approximate surface area is 94.1 Å². The molecule has 0 saturated carbocycles. The fourth-order valence-electron chi connectivity index (χ4n) is 1.62. The van der Waals surface area contributed by atoms with E-state index in [9.17, 15) is 4.39 Å². The van der Waals surface area contributed by atoms with Crippen LogP contribution in [0.2, 0.25) is 0 Å². The van der Waals surface area contributed by atoms with E-state index in [2.05, 4.69) is 28.4 Å². The molecule has 0 aliphatic carbocycles. The largest absolute Gasteiger partial charge is 0.356 e. The van der Waals surface area contributed by atoms with Crippen molar-refractivity contribution in [1.29, 1.82) is 0 Å². The van der Waals surface area contributed by atoms with Gasteiger partial charge in [-0.05, 0) is 25.0 Å². The van der Waals surface area contributed by atoms with E-state index in [1.165, 1.54) is 6.42 Å². The van der Waals surface area contributed by atoms with Crippen LogP contribution in [0, 0.1) is 6.92 Å². The topological polar surface area (TPSA) is 16.1 Å². The molecule has 0 amide bonds. The summed E-state index contributed by atoms with van der Waals surface area (Å²) in [5.74, 6) is 0.777. The van der Waals surface area contributed by atoms with E-state index >= 15 is 0 Å². The monoisotopic (exact) mass is 244 g/mol. The van der Waals surface area contributed by atoms with Gasteiger partial charge in [0.1, 0.15) is 5.82 Å². The van der Waals surface area contributed by atoms with Gasteiger partial charge in [0.15, 0.2) is 5.15 Å². The highest BCUT2D eigenvalue weighted by Gasteiger charge is 2.28. The third-order valence-electron chi connectivity index (χ3n) is 2.57. The van der Waals surface area contributed by atoms with Gasteiger partial charge in [-0.25, -0.2) is 9.37 Å². The lowest BCUT2D eigenvalue weighted by molar-refractivity contribution is 0.420. The maximum atomic E-state index is 13.9. The zero-order valence-electron chi connectivity index (χ0n) is 8.70. The van der Waals surface area contributed by atoms with Crippen LogP contribution in [-0.2, 0) is 5.15 Å². The summed E-state index contributed by atoms with van der Waals surface area (Å²) in [7, 11) is 4.41. The molecule has 82 valence electrons. The predicted octanol–water partition coefficient (Wildman–Crippen LogP) is 2.43. The maximum Gasteiger partial charge on any atom is 0.164 e. The highest BCUT2D eigenvalue weighted by atomic mass is 31.1. The van der Waals surface area contributed by atoms with E-state index in [1.807, 2.05) is 13.0 Å². The molecule has 5 heteroatoms. The zero-order chi connectivity index (χ0) is 11.1. The molecule has 1 aliphatic rings. The van der Waals surface area contributed by atoms with Crippen LogP contribution in [0.15, 0.2) is 12.3 Å². The molecule has 0 bridgehead atoms. The lowest BCUT2D eigenvalue weighted by atomic mass is 10.1. The number of anilines is 1. The molecule has 2 atom stereocenters. The van der Waals surface area contributed by atoms with Crippen LogP contribution in [0.3, 0.4) is 0 Å². The number of hydrogen-bond donors (Lipinski definition) is 0. The Morgan fingerprint density at radius 3 is 2.60 bits per heavy atom. The fourth-order valence-corrected chi connectivity index (χ4v) is 2.05. The van der Waals surface area contributed by atoms with Gasteiger partial charge >= 0.3 is 0 Å². The molecule has 15 heavy (non-hydrogen) atoms. The summed E-state index contributed by atoms with van der Waals surface area (Å²) < 4.78 is 13.9. The van der Waals surface area contributed by atoms with Crippen molar-refractivity contribution in [3.63, 3.8) is 0 Å². The van der Waals surface area contributed by atoms with Gasteiger partial charge in [0.2, 0.25) is 0 Å². The van der Waals surface area contributed by atoms with Gasteiger partial charge in [-0.3, -0.25) is 0 Å². The Hall–Kier alpha value is -0.260. The van der Waals surface area contributed by atoms with Crippen LogP contribution >= 0.6 is 18.5 Å². The van der Waals surface area contributed by atoms with Crippen molar-refractivity contribution < 1.29 is 4.39 Å². The van der Waals surface area contributed by atoms with Crippen molar-refractivity contribution in [2.24, 2.45) is 0 Å². The molecule has 0 aromatic carbocycles. The lowest BCUT2D eigenvalue weighted by Crippen LogP contribution is -2.38. The first-order valence-electron chi connectivity index (χ1n) is 4.97. The van der Waals surface area contributed by atoms with E-state index in [0.717, 1.165) is 24.5 Å². The van der Waals surface area contributed by atoms with E-state index in [1.54, 1.807) is 6.20 Å². The smallest absolute Gasteiger partial charge is 0.164 e. The molecular weight excluding hydrogens is 229 g/mol. The van der Waals surface area contributed by atoms with Gasteiger partial charge in [0.05, 0.1) is 0 Å². The first-order chi connectivity index (χ1) is 6.98. The highest BCUT2D eigenvalue weighted by Crippen LogP contribution is 2.44. The number of halogens is 1. The van der Waals surface area contributed by atoms with Crippen molar-refractivity contribution >= 4 is 24.3 Å². The van der Waals surface area contributed by atoms with Gasteiger partial charge in [-0.15, -0.1) is 0 Å². The van der Waals surface area contributed by atoms with E-state index in [0.29, 0.717) is 5.56 Å². The second-order valence-corrected chi connectivity index (χ2v) is 6.34. The summed E-state index contributed by atoms with van der Waals surface area (Å²) in [4.78, 5) is 6.43. The van der Waals surface area contributed by atoms with Crippen molar-refractivity contribution in [1.82, 2.24) is 4.98 Å². The summed E-state index contributed by atoms with van der Waals surface area (Å²) in [6, 6.07) is 1.86. The predicted molar refractivity (Wildman–Crippen MR) is 68.0 cm³/mol. The van der Waals surface area contributed by atoms with Crippen LogP contribution in [-0.4, -0.2) is 18.1 Å².